The van der Waals surface area contributed by atoms with Crippen LogP contribution in [-0.2, 0) is 9.53 Å². The van der Waals surface area contributed by atoms with Crippen molar-refractivity contribution in [3.63, 3.8) is 0 Å². The molecular formula is C17H21N5O3. The number of carbonyl (C=O) groups excluding carboxylic acids is 2. The normalized spacial score (nSPS) is 15.2. The molecule has 0 spiro atoms. The molecule has 0 unspecified atom stereocenters. The van der Waals surface area contributed by atoms with Crippen molar-refractivity contribution in [3.05, 3.63) is 36.0 Å². The van der Waals surface area contributed by atoms with Crippen LogP contribution in [0.1, 0.15) is 36.1 Å². The van der Waals surface area contributed by atoms with Gasteiger partial charge < -0.3 is 9.64 Å². The van der Waals surface area contributed by atoms with Crippen LogP contribution in [0.2, 0.25) is 0 Å². The molecule has 132 valence electrons. The fourth-order valence-electron chi connectivity index (χ4n) is 2.93. The number of amides is 1. The summed E-state index contributed by atoms with van der Waals surface area (Å²) in [6, 6.07) is 3.42. The minimum atomic E-state index is -0.172. The second kappa shape index (κ2) is 7.42. The van der Waals surface area contributed by atoms with Gasteiger partial charge in [0.25, 0.3) is 5.91 Å². The Balaban J connectivity index is 1.62. The lowest BCUT2D eigenvalue weighted by molar-refractivity contribution is -0.149. The van der Waals surface area contributed by atoms with Crippen molar-refractivity contribution in [2.45, 2.75) is 26.7 Å². The summed E-state index contributed by atoms with van der Waals surface area (Å²) in [5.74, 6) is 0.960. The lowest BCUT2D eigenvalue weighted by atomic mass is 9.97. The van der Waals surface area contributed by atoms with Crippen LogP contribution in [0.3, 0.4) is 0 Å². The third-order valence-electron chi connectivity index (χ3n) is 4.34. The maximum absolute atomic E-state index is 12.6. The van der Waals surface area contributed by atoms with Crippen molar-refractivity contribution >= 4 is 11.9 Å². The molecule has 3 heterocycles. The molecule has 0 aliphatic carbocycles. The summed E-state index contributed by atoms with van der Waals surface area (Å²) in [7, 11) is 0. The minimum Gasteiger partial charge on any atom is -0.466 e. The van der Waals surface area contributed by atoms with Crippen LogP contribution < -0.4 is 0 Å². The van der Waals surface area contributed by atoms with Crippen LogP contribution >= 0.6 is 0 Å². The monoisotopic (exact) mass is 343 g/mol. The Morgan fingerprint density at radius 3 is 2.56 bits per heavy atom. The highest BCUT2D eigenvalue weighted by atomic mass is 16.5. The zero-order chi connectivity index (χ0) is 17.8. The number of imidazole rings is 1. The zero-order valence-corrected chi connectivity index (χ0v) is 14.4. The van der Waals surface area contributed by atoms with Crippen LogP contribution in [0.5, 0.6) is 0 Å². The van der Waals surface area contributed by atoms with Gasteiger partial charge in [0.15, 0.2) is 11.5 Å². The molecule has 1 aliphatic heterocycles. The average Bonchev–Trinajstić information content (AvgIpc) is 3.07. The quantitative estimate of drug-likeness (QED) is 0.779. The molecule has 0 aromatic carbocycles. The van der Waals surface area contributed by atoms with E-state index < -0.39 is 0 Å². The highest BCUT2D eigenvalue weighted by Crippen LogP contribution is 2.20. The Morgan fingerprint density at radius 2 is 2.00 bits per heavy atom. The van der Waals surface area contributed by atoms with Crippen molar-refractivity contribution in [2.75, 3.05) is 19.7 Å². The van der Waals surface area contributed by atoms with Gasteiger partial charge in [-0.2, -0.15) is 0 Å². The topological polar surface area (TPSA) is 90.2 Å². The van der Waals surface area contributed by atoms with Gasteiger partial charge in [0.1, 0.15) is 5.82 Å². The molecule has 0 N–H and O–H groups in total. The fraction of sp³-hybridized carbons (Fsp3) is 0.471. The van der Waals surface area contributed by atoms with E-state index in [2.05, 4.69) is 15.2 Å². The number of rotatable bonds is 4. The van der Waals surface area contributed by atoms with E-state index in [1.165, 1.54) is 0 Å². The van der Waals surface area contributed by atoms with Crippen LogP contribution in [0.4, 0.5) is 0 Å². The summed E-state index contributed by atoms with van der Waals surface area (Å²) in [5, 5.41) is 8.17. The molecule has 0 radical (unpaired) electrons. The fourth-order valence-corrected chi connectivity index (χ4v) is 2.93. The largest absolute Gasteiger partial charge is 0.466 e. The van der Waals surface area contributed by atoms with E-state index in [-0.39, 0.29) is 17.8 Å². The molecule has 1 saturated heterocycles. The molecule has 8 nitrogen and oxygen atoms in total. The van der Waals surface area contributed by atoms with Gasteiger partial charge in [0, 0.05) is 25.5 Å². The number of piperidine rings is 1. The molecule has 0 bridgehead atoms. The molecule has 8 heteroatoms. The van der Waals surface area contributed by atoms with E-state index in [4.69, 9.17) is 4.74 Å². The van der Waals surface area contributed by atoms with Crippen molar-refractivity contribution in [1.82, 2.24) is 24.6 Å². The Kier molecular flexibility index (Phi) is 5.06. The number of likely N-dealkylation sites (tertiary alicyclic amines) is 1. The van der Waals surface area contributed by atoms with E-state index in [1.807, 2.05) is 6.92 Å². The zero-order valence-electron chi connectivity index (χ0n) is 14.4. The molecule has 25 heavy (non-hydrogen) atoms. The number of aromatic nitrogens is 4. The van der Waals surface area contributed by atoms with Gasteiger partial charge in [-0.05, 0) is 38.8 Å². The highest BCUT2D eigenvalue weighted by Gasteiger charge is 2.29. The average molecular weight is 343 g/mol. The summed E-state index contributed by atoms with van der Waals surface area (Å²) in [6.45, 7) is 5.09. The second-order valence-electron chi connectivity index (χ2n) is 5.94. The summed E-state index contributed by atoms with van der Waals surface area (Å²) in [4.78, 5) is 30.2. The summed E-state index contributed by atoms with van der Waals surface area (Å²) in [5.41, 5.74) is 0.302. The third kappa shape index (κ3) is 3.67. The van der Waals surface area contributed by atoms with E-state index >= 15 is 0 Å². The Bertz CT molecular complexity index is 748. The molecule has 0 atom stereocenters. The van der Waals surface area contributed by atoms with Crippen molar-refractivity contribution in [1.29, 1.82) is 0 Å². The second-order valence-corrected chi connectivity index (χ2v) is 5.94. The van der Waals surface area contributed by atoms with Gasteiger partial charge in [-0.25, -0.2) is 4.98 Å². The molecule has 1 fully saturated rings. The van der Waals surface area contributed by atoms with Crippen molar-refractivity contribution in [3.8, 4) is 5.82 Å². The number of esters is 1. The predicted molar refractivity (Wildman–Crippen MR) is 89.2 cm³/mol. The van der Waals surface area contributed by atoms with Gasteiger partial charge in [-0.3, -0.25) is 14.2 Å². The lowest BCUT2D eigenvalue weighted by Crippen LogP contribution is -2.41. The molecule has 2 aromatic rings. The first-order chi connectivity index (χ1) is 12.1. The Hall–Kier alpha value is -2.77. The molecule has 2 aromatic heterocycles. The maximum Gasteiger partial charge on any atom is 0.309 e. The third-order valence-corrected chi connectivity index (χ3v) is 4.34. The minimum absolute atomic E-state index is 0.123. The summed E-state index contributed by atoms with van der Waals surface area (Å²) < 4.78 is 6.85. The molecule has 0 saturated carbocycles. The number of aryl methyl sites for hydroxylation is 1. The Morgan fingerprint density at radius 1 is 1.24 bits per heavy atom. The number of hydrogen-bond donors (Lipinski definition) is 0. The summed E-state index contributed by atoms with van der Waals surface area (Å²) in [6.07, 6.45) is 4.71. The number of carbonyl (C=O) groups is 2. The molecule has 1 amide bonds. The van der Waals surface area contributed by atoms with Crippen LogP contribution in [-0.4, -0.2) is 56.2 Å². The van der Waals surface area contributed by atoms with Gasteiger partial charge in [0.05, 0.1) is 12.5 Å². The van der Waals surface area contributed by atoms with Gasteiger partial charge in [-0.15, -0.1) is 10.2 Å². The summed E-state index contributed by atoms with van der Waals surface area (Å²) >= 11 is 0. The van der Waals surface area contributed by atoms with E-state index in [0.29, 0.717) is 44.0 Å². The van der Waals surface area contributed by atoms with E-state index in [1.54, 1.807) is 40.9 Å². The van der Waals surface area contributed by atoms with Crippen LogP contribution in [0, 0.1) is 12.8 Å². The first kappa shape index (κ1) is 17.1. The molecule has 1 aliphatic rings. The number of ether oxygens (including phenoxy) is 1. The van der Waals surface area contributed by atoms with Crippen molar-refractivity contribution < 1.29 is 14.3 Å². The van der Waals surface area contributed by atoms with Gasteiger partial charge in [0.2, 0.25) is 0 Å². The highest BCUT2D eigenvalue weighted by molar-refractivity contribution is 5.92. The predicted octanol–water partition coefficient (Wildman–Crippen LogP) is 1.39. The van der Waals surface area contributed by atoms with Crippen molar-refractivity contribution in [2.24, 2.45) is 5.92 Å². The Labute approximate surface area is 145 Å². The van der Waals surface area contributed by atoms with Crippen LogP contribution in [0.25, 0.3) is 5.82 Å². The number of nitrogens with zero attached hydrogens (tertiary/aromatic N) is 5. The molecular weight excluding hydrogens is 322 g/mol. The SMILES string of the molecule is CCOC(=O)C1CCN(C(=O)c2ccc(-n3ccnc3C)nn2)CC1. The molecule has 3 rings (SSSR count). The van der Waals surface area contributed by atoms with E-state index in [0.717, 1.165) is 5.82 Å². The van der Waals surface area contributed by atoms with Gasteiger partial charge in [-0.1, -0.05) is 0 Å². The first-order valence-corrected chi connectivity index (χ1v) is 8.40. The smallest absolute Gasteiger partial charge is 0.309 e. The number of hydrogen-bond acceptors (Lipinski definition) is 6. The van der Waals surface area contributed by atoms with Gasteiger partial charge >= 0.3 is 5.97 Å². The first-order valence-electron chi connectivity index (χ1n) is 8.40. The van der Waals surface area contributed by atoms with Crippen LogP contribution in [0.15, 0.2) is 24.5 Å². The standard InChI is InChI=1S/C17H21N5O3/c1-3-25-17(24)13-6-9-21(10-7-13)16(23)14-4-5-15(20-19-14)22-11-8-18-12(22)2/h4-5,8,11,13H,3,6-7,9-10H2,1-2H3. The van der Waals surface area contributed by atoms with E-state index in [9.17, 15) is 9.59 Å². The maximum atomic E-state index is 12.6. The lowest BCUT2D eigenvalue weighted by Gasteiger charge is -2.30.